The van der Waals surface area contributed by atoms with E-state index in [0.717, 1.165) is 4.90 Å². The first-order chi connectivity index (χ1) is 11.4. The van der Waals surface area contributed by atoms with Gasteiger partial charge in [-0.3, -0.25) is 9.59 Å². The molecule has 0 bridgehead atoms. The van der Waals surface area contributed by atoms with Crippen LogP contribution in [0.5, 0.6) is 5.75 Å². The summed E-state index contributed by atoms with van der Waals surface area (Å²) < 4.78 is 19.1. The number of hydrogen-bond donors (Lipinski definition) is 0. The first-order valence-corrected chi connectivity index (χ1v) is 8.72. The van der Waals surface area contributed by atoms with Crippen LogP contribution in [-0.4, -0.2) is 23.9 Å². The SMILES string of the molecule is CSc1ccccc1OC(C(C)=O)C(C(C)=O)c1ccc(F)cc1. The fraction of sp³-hybridized carbons (Fsp3) is 0.263. The summed E-state index contributed by atoms with van der Waals surface area (Å²) in [6.45, 7) is 2.81. The van der Waals surface area contributed by atoms with Crippen LogP contribution in [-0.2, 0) is 9.59 Å². The molecule has 0 aliphatic rings. The number of para-hydroxylation sites is 1. The monoisotopic (exact) mass is 346 g/mol. The summed E-state index contributed by atoms with van der Waals surface area (Å²) in [4.78, 5) is 25.2. The molecular weight excluding hydrogens is 327 g/mol. The van der Waals surface area contributed by atoms with Crippen molar-refractivity contribution in [3.63, 3.8) is 0 Å². The highest BCUT2D eigenvalue weighted by atomic mass is 32.2. The van der Waals surface area contributed by atoms with Crippen molar-refractivity contribution in [1.29, 1.82) is 0 Å². The Morgan fingerprint density at radius 3 is 2.17 bits per heavy atom. The molecule has 0 spiro atoms. The van der Waals surface area contributed by atoms with Crippen LogP contribution in [0.4, 0.5) is 4.39 Å². The molecule has 0 radical (unpaired) electrons. The lowest BCUT2D eigenvalue weighted by Crippen LogP contribution is -2.36. The van der Waals surface area contributed by atoms with Crippen molar-refractivity contribution >= 4 is 23.3 Å². The summed E-state index contributed by atoms with van der Waals surface area (Å²) in [6, 6.07) is 12.9. The van der Waals surface area contributed by atoms with E-state index in [-0.39, 0.29) is 11.6 Å². The molecule has 0 aromatic heterocycles. The van der Waals surface area contributed by atoms with Crippen LogP contribution < -0.4 is 4.74 Å². The average molecular weight is 346 g/mol. The molecule has 126 valence electrons. The van der Waals surface area contributed by atoms with Crippen LogP contribution in [0, 0.1) is 5.82 Å². The molecule has 3 nitrogen and oxygen atoms in total. The van der Waals surface area contributed by atoms with Crippen LogP contribution in [0.2, 0.25) is 0 Å². The smallest absolute Gasteiger partial charge is 0.171 e. The summed E-state index contributed by atoms with van der Waals surface area (Å²) in [5, 5.41) is 0. The van der Waals surface area contributed by atoms with Gasteiger partial charge in [0.25, 0.3) is 0 Å². The van der Waals surface area contributed by atoms with E-state index in [2.05, 4.69) is 0 Å². The first kappa shape index (κ1) is 18.2. The third-order valence-corrected chi connectivity index (χ3v) is 4.47. The van der Waals surface area contributed by atoms with Crippen molar-refractivity contribution in [2.45, 2.75) is 30.8 Å². The highest BCUT2D eigenvalue weighted by Crippen LogP contribution is 2.32. The van der Waals surface area contributed by atoms with E-state index in [1.165, 1.54) is 49.9 Å². The molecule has 2 aromatic rings. The second kappa shape index (κ2) is 8.11. The maximum absolute atomic E-state index is 13.2. The Kier molecular flexibility index (Phi) is 6.15. The lowest BCUT2D eigenvalue weighted by molar-refractivity contribution is -0.130. The summed E-state index contributed by atoms with van der Waals surface area (Å²) >= 11 is 1.50. The van der Waals surface area contributed by atoms with Gasteiger partial charge in [-0.05, 0) is 49.9 Å². The van der Waals surface area contributed by atoms with Gasteiger partial charge in [0.05, 0.1) is 5.92 Å². The summed E-state index contributed by atoms with van der Waals surface area (Å²) in [5.74, 6) is -1.08. The molecule has 24 heavy (non-hydrogen) atoms. The topological polar surface area (TPSA) is 43.4 Å². The largest absolute Gasteiger partial charge is 0.480 e. The Hall–Kier alpha value is -2.14. The Morgan fingerprint density at radius 1 is 1.00 bits per heavy atom. The second-order valence-corrected chi connectivity index (χ2v) is 6.29. The zero-order valence-corrected chi connectivity index (χ0v) is 14.6. The minimum atomic E-state index is -0.957. The molecule has 0 aliphatic carbocycles. The van der Waals surface area contributed by atoms with Crippen LogP contribution in [0.1, 0.15) is 25.3 Å². The fourth-order valence-corrected chi connectivity index (χ4v) is 3.06. The van der Waals surface area contributed by atoms with Crippen molar-refractivity contribution in [3.8, 4) is 5.75 Å². The Labute approximate surface area is 145 Å². The molecule has 5 heteroatoms. The number of Topliss-reactive ketones (excluding diaryl/α,β-unsaturated/α-hetero) is 2. The van der Waals surface area contributed by atoms with E-state index in [9.17, 15) is 14.0 Å². The molecule has 2 unspecified atom stereocenters. The van der Waals surface area contributed by atoms with Gasteiger partial charge in [-0.15, -0.1) is 11.8 Å². The normalized spacial score (nSPS) is 13.2. The number of carbonyl (C=O) groups is 2. The first-order valence-electron chi connectivity index (χ1n) is 7.50. The molecule has 0 N–H and O–H groups in total. The maximum Gasteiger partial charge on any atom is 0.171 e. The van der Waals surface area contributed by atoms with Crippen LogP contribution in [0.25, 0.3) is 0 Å². The molecule has 2 rings (SSSR count). The number of carbonyl (C=O) groups excluding carboxylic acids is 2. The zero-order valence-electron chi connectivity index (χ0n) is 13.8. The molecule has 0 saturated carbocycles. The number of ketones is 2. The number of benzene rings is 2. The van der Waals surface area contributed by atoms with Crippen molar-refractivity contribution in [2.75, 3.05) is 6.26 Å². The van der Waals surface area contributed by atoms with Crippen LogP contribution >= 0.6 is 11.8 Å². The number of hydrogen-bond acceptors (Lipinski definition) is 4. The number of ether oxygens (including phenoxy) is 1. The van der Waals surface area contributed by atoms with Gasteiger partial charge in [0.2, 0.25) is 0 Å². The number of thioether (sulfide) groups is 1. The van der Waals surface area contributed by atoms with E-state index in [1.54, 1.807) is 6.07 Å². The molecule has 2 aromatic carbocycles. The minimum absolute atomic E-state index is 0.205. The van der Waals surface area contributed by atoms with Gasteiger partial charge in [0, 0.05) is 4.90 Å². The molecule has 0 heterocycles. The van der Waals surface area contributed by atoms with Crippen molar-refractivity contribution in [3.05, 3.63) is 59.9 Å². The highest BCUT2D eigenvalue weighted by Gasteiger charge is 2.33. The standard InChI is InChI=1S/C19H19FO3S/c1-12(21)18(14-8-10-15(20)11-9-14)19(13(2)22)23-16-6-4-5-7-17(16)24-3/h4-11,18-19H,1-3H3. The Morgan fingerprint density at radius 2 is 1.62 bits per heavy atom. The third-order valence-electron chi connectivity index (χ3n) is 3.69. The van der Waals surface area contributed by atoms with E-state index in [1.807, 2.05) is 24.5 Å². The van der Waals surface area contributed by atoms with Crippen molar-refractivity contribution in [1.82, 2.24) is 0 Å². The highest BCUT2D eigenvalue weighted by molar-refractivity contribution is 7.98. The molecule has 0 amide bonds. The molecule has 0 aliphatic heterocycles. The minimum Gasteiger partial charge on any atom is -0.480 e. The van der Waals surface area contributed by atoms with E-state index in [4.69, 9.17) is 4.74 Å². The number of rotatable bonds is 7. The summed E-state index contributed by atoms with van der Waals surface area (Å²) in [5.41, 5.74) is 0.561. The van der Waals surface area contributed by atoms with E-state index >= 15 is 0 Å². The Balaban J connectivity index is 2.41. The van der Waals surface area contributed by atoms with Gasteiger partial charge >= 0.3 is 0 Å². The molecular formula is C19H19FO3S. The molecule has 0 saturated heterocycles. The fourth-order valence-electron chi connectivity index (χ4n) is 2.53. The van der Waals surface area contributed by atoms with Crippen LogP contribution in [0.15, 0.2) is 53.4 Å². The predicted molar refractivity (Wildman–Crippen MR) is 93.1 cm³/mol. The molecule has 0 fully saturated rings. The maximum atomic E-state index is 13.2. The quantitative estimate of drug-likeness (QED) is 0.703. The van der Waals surface area contributed by atoms with Gasteiger partial charge in [-0.2, -0.15) is 0 Å². The van der Waals surface area contributed by atoms with Crippen molar-refractivity contribution < 1.29 is 18.7 Å². The van der Waals surface area contributed by atoms with Gasteiger partial charge in [-0.25, -0.2) is 4.39 Å². The van der Waals surface area contributed by atoms with E-state index in [0.29, 0.717) is 11.3 Å². The second-order valence-electron chi connectivity index (χ2n) is 5.44. The molecule has 2 atom stereocenters. The lowest BCUT2D eigenvalue weighted by atomic mass is 9.88. The lowest BCUT2D eigenvalue weighted by Gasteiger charge is -2.25. The number of halogens is 1. The van der Waals surface area contributed by atoms with E-state index < -0.39 is 17.8 Å². The Bertz CT molecular complexity index is 728. The third kappa shape index (κ3) is 4.23. The summed E-state index contributed by atoms with van der Waals surface area (Å²) in [7, 11) is 0. The van der Waals surface area contributed by atoms with Gasteiger partial charge < -0.3 is 4.74 Å². The van der Waals surface area contributed by atoms with Crippen LogP contribution in [0.3, 0.4) is 0 Å². The predicted octanol–water partition coefficient (Wildman–Crippen LogP) is 4.26. The average Bonchev–Trinajstić information content (AvgIpc) is 2.56. The van der Waals surface area contributed by atoms with Gasteiger partial charge in [-0.1, -0.05) is 24.3 Å². The summed E-state index contributed by atoms with van der Waals surface area (Å²) in [6.07, 6.45) is 0.953. The van der Waals surface area contributed by atoms with Gasteiger partial charge in [0.1, 0.15) is 17.3 Å². The van der Waals surface area contributed by atoms with Gasteiger partial charge in [0.15, 0.2) is 11.9 Å². The van der Waals surface area contributed by atoms with Crippen molar-refractivity contribution in [2.24, 2.45) is 0 Å². The zero-order chi connectivity index (χ0) is 17.7.